The standard InChI is InChI=1S/C26H36N8O2S/c1-20-15-22-17-28-19-26(8-5-4-6-9-26)34(22)24(20)31-25(27-2)30-23-16-21(7-10-29-23)18-32-11-13-33(14-12-32)37(3,35)36/h10,15-18H,2,4-9,11-14,19H2,1,3H3,(H,30,31)/b21-18+. The fourth-order valence-electron chi connectivity index (χ4n) is 5.75. The van der Waals surface area contributed by atoms with Crippen molar-refractivity contribution in [3.8, 4) is 0 Å². The lowest BCUT2D eigenvalue weighted by Crippen LogP contribution is -2.46. The largest absolute Gasteiger partial charge is 0.374 e. The minimum Gasteiger partial charge on any atom is -0.374 e. The van der Waals surface area contributed by atoms with Crippen LogP contribution in [0.3, 0.4) is 0 Å². The number of aryl methyl sites for hydroxylation is 1. The van der Waals surface area contributed by atoms with E-state index in [2.05, 4.69) is 50.7 Å². The normalized spacial score (nSPS) is 23.3. The number of hydrogen-bond acceptors (Lipinski definition) is 6. The van der Waals surface area contributed by atoms with E-state index in [4.69, 9.17) is 9.98 Å². The number of piperazine rings is 1. The van der Waals surface area contributed by atoms with Gasteiger partial charge in [-0.15, -0.1) is 0 Å². The van der Waals surface area contributed by atoms with Gasteiger partial charge in [-0.05, 0) is 49.8 Å². The predicted octanol–water partition coefficient (Wildman–Crippen LogP) is 2.94. The molecule has 1 saturated carbocycles. The summed E-state index contributed by atoms with van der Waals surface area (Å²) >= 11 is 0. The van der Waals surface area contributed by atoms with Crippen molar-refractivity contribution in [1.82, 2.24) is 19.1 Å². The van der Waals surface area contributed by atoms with Crippen LogP contribution in [0.1, 0.15) is 49.8 Å². The molecule has 0 unspecified atom stereocenters. The molecular formula is C26H36N8O2S. The van der Waals surface area contributed by atoms with Gasteiger partial charge in [-0.25, -0.2) is 18.4 Å². The highest BCUT2D eigenvalue weighted by atomic mass is 32.2. The Morgan fingerprint density at radius 2 is 1.95 bits per heavy atom. The van der Waals surface area contributed by atoms with Gasteiger partial charge in [0.2, 0.25) is 16.0 Å². The first-order chi connectivity index (χ1) is 17.8. The average Bonchev–Trinajstić information content (AvgIpc) is 3.20. The van der Waals surface area contributed by atoms with Gasteiger partial charge in [0, 0.05) is 51.2 Å². The second-order valence-corrected chi connectivity index (χ2v) is 12.3. The summed E-state index contributed by atoms with van der Waals surface area (Å²) in [4.78, 5) is 20.5. The number of nitrogens with zero attached hydrogens (tertiary/aromatic N) is 7. The fourth-order valence-corrected chi connectivity index (χ4v) is 6.58. The average molecular weight is 525 g/mol. The zero-order chi connectivity index (χ0) is 26.0. The fraction of sp³-hybridized carbons (Fsp3) is 0.538. The molecule has 5 rings (SSSR count). The molecule has 0 amide bonds. The van der Waals surface area contributed by atoms with Crippen molar-refractivity contribution in [2.24, 2.45) is 20.0 Å². The van der Waals surface area contributed by atoms with E-state index in [1.807, 2.05) is 18.5 Å². The van der Waals surface area contributed by atoms with Gasteiger partial charge < -0.3 is 14.8 Å². The maximum Gasteiger partial charge on any atom is 0.229 e. The Hall–Kier alpha value is -3.05. The van der Waals surface area contributed by atoms with Crippen molar-refractivity contribution in [2.75, 3.05) is 39.0 Å². The highest BCUT2D eigenvalue weighted by molar-refractivity contribution is 7.88. The molecule has 2 fully saturated rings. The van der Waals surface area contributed by atoms with Gasteiger partial charge in [0.25, 0.3) is 0 Å². The molecule has 10 nitrogen and oxygen atoms in total. The predicted molar refractivity (Wildman–Crippen MR) is 150 cm³/mol. The van der Waals surface area contributed by atoms with E-state index < -0.39 is 10.0 Å². The smallest absolute Gasteiger partial charge is 0.229 e. The third-order valence-corrected chi connectivity index (χ3v) is 8.93. The molecule has 1 N–H and O–H groups in total. The van der Waals surface area contributed by atoms with Gasteiger partial charge in [-0.2, -0.15) is 9.30 Å². The van der Waals surface area contributed by atoms with Crippen molar-refractivity contribution in [3.63, 3.8) is 0 Å². The molecule has 1 aromatic rings. The van der Waals surface area contributed by atoms with Crippen LogP contribution in [0.2, 0.25) is 0 Å². The number of rotatable bonds is 4. The van der Waals surface area contributed by atoms with Crippen molar-refractivity contribution in [3.05, 3.63) is 41.0 Å². The number of aromatic nitrogens is 1. The van der Waals surface area contributed by atoms with E-state index >= 15 is 0 Å². The van der Waals surface area contributed by atoms with Crippen LogP contribution in [0.4, 0.5) is 5.82 Å². The number of sulfonamides is 1. The maximum atomic E-state index is 11.8. The van der Waals surface area contributed by atoms with Crippen molar-refractivity contribution < 1.29 is 8.42 Å². The molecule has 1 saturated heterocycles. The Bertz CT molecular complexity index is 1300. The highest BCUT2D eigenvalue weighted by Gasteiger charge is 2.38. The summed E-state index contributed by atoms with van der Waals surface area (Å²) in [5, 5.41) is 3.25. The van der Waals surface area contributed by atoms with Gasteiger partial charge in [0.1, 0.15) is 11.6 Å². The van der Waals surface area contributed by atoms with Crippen LogP contribution >= 0.6 is 0 Å². The monoisotopic (exact) mass is 524 g/mol. The molecule has 1 aliphatic carbocycles. The van der Waals surface area contributed by atoms with Crippen molar-refractivity contribution in [2.45, 2.75) is 51.0 Å². The second-order valence-electron chi connectivity index (χ2n) is 10.3. The van der Waals surface area contributed by atoms with Gasteiger partial charge in [0.15, 0.2) is 0 Å². The lowest BCUT2D eigenvalue weighted by Gasteiger charge is -2.41. The Balaban J connectivity index is 1.35. The van der Waals surface area contributed by atoms with Crippen LogP contribution in [-0.4, -0.2) is 86.3 Å². The van der Waals surface area contributed by atoms with Crippen LogP contribution in [0.25, 0.3) is 0 Å². The molecule has 4 aliphatic rings. The van der Waals surface area contributed by atoms with E-state index in [-0.39, 0.29) is 5.54 Å². The molecule has 37 heavy (non-hydrogen) atoms. The summed E-state index contributed by atoms with van der Waals surface area (Å²) in [6, 6.07) is 2.15. The molecule has 4 heterocycles. The quantitative estimate of drug-likeness (QED) is 0.483. The van der Waals surface area contributed by atoms with E-state index in [9.17, 15) is 8.42 Å². The number of allylic oxidation sites excluding steroid dienone is 2. The van der Waals surface area contributed by atoms with E-state index in [0.717, 1.165) is 42.0 Å². The number of hydrogen-bond donors (Lipinski definition) is 1. The first-order valence-corrected chi connectivity index (χ1v) is 14.8. The summed E-state index contributed by atoms with van der Waals surface area (Å²) in [5.41, 5.74) is 3.26. The number of guanidine groups is 1. The van der Waals surface area contributed by atoms with Crippen LogP contribution < -0.4 is 5.32 Å². The Labute approximate surface area is 219 Å². The van der Waals surface area contributed by atoms with E-state index in [0.29, 0.717) is 44.4 Å². The van der Waals surface area contributed by atoms with Crippen LogP contribution in [-0.2, 0) is 15.6 Å². The molecular weight excluding hydrogens is 488 g/mol. The summed E-state index contributed by atoms with van der Waals surface area (Å²) in [7, 11) is -3.14. The van der Waals surface area contributed by atoms with Gasteiger partial charge >= 0.3 is 0 Å². The zero-order valence-corrected chi connectivity index (χ0v) is 22.5. The lowest BCUT2D eigenvalue weighted by molar-refractivity contribution is 0.201. The molecule has 0 radical (unpaired) electrons. The number of fused-ring (bicyclic) bond motifs is 2. The Morgan fingerprint density at radius 3 is 2.65 bits per heavy atom. The topological polar surface area (TPSA) is 107 Å². The molecule has 198 valence electrons. The van der Waals surface area contributed by atoms with E-state index in [1.54, 1.807) is 0 Å². The zero-order valence-electron chi connectivity index (χ0n) is 21.7. The van der Waals surface area contributed by atoms with Crippen LogP contribution in [0.15, 0.2) is 49.7 Å². The first-order valence-electron chi connectivity index (χ1n) is 13.0. The summed E-state index contributed by atoms with van der Waals surface area (Å²) in [5.74, 6) is 1.96. The summed E-state index contributed by atoms with van der Waals surface area (Å²) in [6.45, 7) is 8.95. The number of aliphatic imine (C=N–C) groups is 4. The maximum absolute atomic E-state index is 11.8. The highest BCUT2D eigenvalue weighted by Crippen LogP contribution is 2.42. The van der Waals surface area contributed by atoms with Crippen LogP contribution in [0.5, 0.6) is 0 Å². The second kappa shape index (κ2) is 10.4. The molecule has 1 spiro atoms. The molecule has 11 heteroatoms. The number of nitrogens with one attached hydrogen (secondary N) is 1. The summed E-state index contributed by atoms with van der Waals surface area (Å²) < 4.78 is 27.5. The van der Waals surface area contributed by atoms with Gasteiger partial charge in [-0.3, -0.25) is 4.99 Å². The minimum atomic E-state index is -3.14. The van der Waals surface area contributed by atoms with Crippen molar-refractivity contribution in [1.29, 1.82) is 0 Å². The third-order valence-electron chi connectivity index (χ3n) is 7.63. The molecule has 3 aliphatic heterocycles. The molecule has 0 bridgehead atoms. The first kappa shape index (κ1) is 25.6. The summed E-state index contributed by atoms with van der Waals surface area (Å²) in [6.07, 6.45) is 15.8. The lowest BCUT2D eigenvalue weighted by atomic mass is 9.80. The van der Waals surface area contributed by atoms with Gasteiger partial charge in [0.05, 0.1) is 24.0 Å². The van der Waals surface area contributed by atoms with E-state index in [1.165, 1.54) is 29.8 Å². The molecule has 0 aromatic carbocycles. The third kappa shape index (κ3) is 5.47. The van der Waals surface area contributed by atoms with Crippen LogP contribution in [0, 0.1) is 6.92 Å². The Kier molecular flexibility index (Phi) is 7.17. The molecule has 1 aromatic heterocycles. The van der Waals surface area contributed by atoms with Crippen molar-refractivity contribution >= 4 is 40.9 Å². The Morgan fingerprint density at radius 1 is 1.19 bits per heavy atom. The molecule has 0 atom stereocenters. The van der Waals surface area contributed by atoms with Gasteiger partial charge in [-0.1, -0.05) is 19.3 Å². The SMILES string of the molecule is C=N/C(=N\c1c(C)cc2n1C1(CCCCC1)CN=C2)NC1=C/C(=C/N2CCN(S(C)(=O)=O)CC2)CC=N1. The minimum absolute atomic E-state index is 0.0129.